The fourth-order valence-corrected chi connectivity index (χ4v) is 1.05. The number of ether oxygens (including phenoxy) is 2. The van der Waals surface area contributed by atoms with Gasteiger partial charge >= 0.3 is 0 Å². The van der Waals surface area contributed by atoms with Gasteiger partial charge in [0, 0.05) is 6.61 Å². The number of rotatable bonds is 8. The van der Waals surface area contributed by atoms with Gasteiger partial charge in [-0.05, 0) is 23.7 Å². The molecule has 98 valence electrons. The van der Waals surface area contributed by atoms with Crippen molar-refractivity contribution >= 4 is 0 Å². The first-order chi connectivity index (χ1) is 7.27. The second-order valence-corrected chi connectivity index (χ2v) is 6.49. The van der Waals surface area contributed by atoms with E-state index in [1.54, 1.807) is 0 Å². The van der Waals surface area contributed by atoms with Gasteiger partial charge in [-0.15, -0.1) is 0 Å². The second kappa shape index (κ2) is 7.29. The Bertz CT molecular complexity index is 168. The highest BCUT2D eigenvalue weighted by Crippen LogP contribution is 2.19. The summed E-state index contributed by atoms with van der Waals surface area (Å²) < 4.78 is 11.1. The Labute approximate surface area is 102 Å². The van der Waals surface area contributed by atoms with Crippen molar-refractivity contribution in [2.24, 2.45) is 10.8 Å². The smallest absolute Gasteiger partial charge is 0.0700 e. The van der Waals surface area contributed by atoms with E-state index in [4.69, 9.17) is 9.47 Å². The van der Waals surface area contributed by atoms with Gasteiger partial charge in [0.2, 0.25) is 0 Å². The molecule has 0 aromatic rings. The average molecular weight is 230 g/mol. The van der Waals surface area contributed by atoms with Crippen molar-refractivity contribution in [3.05, 3.63) is 0 Å². The fourth-order valence-electron chi connectivity index (χ4n) is 1.05. The topological polar surface area (TPSA) is 18.5 Å². The van der Waals surface area contributed by atoms with Crippen LogP contribution in [0.3, 0.4) is 0 Å². The van der Waals surface area contributed by atoms with Gasteiger partial charge < -0.3 is 9.47 Å². The maximum Gasteiger partial charge on any atom is 0.0700 e. The quantitative estimate of drug-likeness (QED) is 0.589. The molecule has 0 spiro atoms. The van der Waals surface area contributed by atoms with Gasteiger partial charge in [-0.3, -0.25) is 0 Å². The lowest BCUT2D eigenvalue weighted by Gasteiger charge is -2.22. The molecule has 0 fully saturated rings. The molecule has 2 heteroatoms. The first kappa shape index (κ1) is 15.9. The van der Waals surface area contributed by atoms with Crippen LogP contribution in [0.15, 0.2) is 0 Å². The van der Waals surface area contributed by atoms with Crippen LogP contribution in [0.25, 0.3) is 0 Å². The fraction of sp³-hybridized carbons (Fsp3) is 1.00. The summed E-state index contributed by atoms with van der Waals surface area (Å²) in [6.45, 7) is 16.5. The van der Waals surface area contributed by atoms with Crippen molar-refractivity contribution < 1.29 is 9.47 Å². The molecule has 0 aliphatic carbocycles. The molecule has 0 aliphatic heterocycles. The monoisotopic (exact) mass is 230 g/mol. The first-order valence-electron chi connectivity index (χ1n) is 6.42. The van der Waals surface area contributed by atoms with Crippen molar-refractivity contribution in [3.8, 4) is 0 Å². The largest absolute Gasteiger partial charge is 0.379 e. The van der Waals surface area contributed by atoms with Crippen molar-refractivity contribution in [2.75, 3.05) is 26.4 Å². The lowest BCUT2D eigenvalue weighted by Crippen LogP contribution is -2.20. The highest BCUT2D eigenvalue weighted by molar-refractivity contribution is 4.64. The van der Waals surface area contributed by atoms with E-state index in [9.17, 15) is 0 Å². The third kappa shape index (κ3) is 10.4. The lowest BCUT2D eigenvalue weighted by atomic mass is 9.92. The minimum atomic E-state index is 0.297. The third-order valence-electron chi connectivity index (χ3n) is 2.82. The molecule has 0 unspecified atom stereocenters. The molecule has 0 saturated carbocycles. The Morgan fingerprint density at radius 2 is 1.38 bits per heavy atom. The predicted octanol–water partition coefficient (Wildman–Crippen LogP) is 3.89. The van der Waals surface area contributed by atoms with Crippen LogP contribution in [-0.4, -0.2) is 26.4 Å². The summed E-state index contributed by atoms with van der Waals surface area (Å²) in [6, 6.07) is 0. The van der Waals surface area contributed by atoms with E-state index in [0.717, 1.165) is 32.7 Å². The van der Waals surface area contributed by atoms with E-state index in [-0.39, 0.29) is 0 Å². The van der Waals surface area contributed by atoms with Crippen molar-refractivity contribution in [2.45, 2.75) is 54.4 Å². The zero-order valence-electron chi connectivity index (χ0n) is 12.1. The molecule has 0 rings (SSSR count). The Morgan fingerprint density at radius 3 is 1.88 bits per heavy atom. The lowest BCUT2D eigenvalue weighted by molar-refractivity contribution is 0.00904. The van der Waals surface area contributed by atoms with Crippen LogP contribution in [0.4, 0.5) is 0 Å². The van der Waals surface area contributed by atoms with E-state index in [0.29, 0.717) is 17.4 Å². The summed E-state index contributed by atoms with van der Waals surface area (Å²) in [5, 5.41) is 0. The molecule has 2 nitrogen and oxygen atoms in total. The summed E-state index contributed by atoms with van der Waals surface area (Å²) >= 11 is 0. The van der Waals surface area contributed by atoms with E-state index in [2.05, 4.69) is 41.5 Å². The molecule has 16 heavy (non-hydrogen) atoms. The summed E-state index contributed by atoms with van der Waals surface area (Å²) in [7, 11) is 0. The van der Waals surface area contributed by atoms with E-state index in [1.807, 2.05) is 0 Å². The van der Waals surface area contributed by atoms with E-state index < -0.39 is 0 Å². The number of hydrogen-bond donors (Lipinski definition) is 0. The minimum absolute atomic E-state index is 0.297. The average Bonchev–Trinajstić information content (AvgIpc) is 2.14. The Hall–Kier alpha value is -0.0800. The molecule has 0 saturated heterocycles. The summed E-state index contributed by atoms with van der Waals surface area (Å²) in [5.74, 6) is 0. The standard InChI is InChI=1S/C14H30O2/c1-7-14(5,6)12-16-11-10-15-9-8-13(2,3)4/h7-12H2,1-6H3. The van der Waals surface area contributed by atoms with Crippen molar-refractivity contribution in [1.82, 2.24) is 0 Å². The SMILES string of the molecule is CCC(C)(C)COCCOCCC(C)(C)C. The molecule has 0 radical (unpaired) electrons. The van der Waals surface area contributed by atoms with Crippen LogP contribution < -0.4 is 0 Å². The van der Waals surface area contributed by atoms with Crippen LogP contribution in [0.1, 0.15) is 54.4 Å². The van der Waals surface area contributed by atoms with Crippen LogP contribution in [0.5, 0.6) is 0 Å². The molecule has 0 aliphatic rings. The minimum Gasteiger partial charge on any atom is -0.379 e. The molecule has 0 heterocycles. The van der Waals surface area contributed by atoms with Crippen molar-refractivity contribution in [3.63, 3.8) is 0 Å². The molecule has 0 atom stereocenters. The normalized spacial score (nSPS) is 13.1. The molecule has 0 aromatic heterocycles. The van der Waals surface area contributed by atoms with E-state index >= 15 is 0 Å². The predicted molar refractivity (Wildman–Crippen MR) is 69.8 cm³/mol. The van der Waals surface area contributed by atoms with Crippen LogP contribution in [0, 0.1) is 10.8 Å². The molecule has 0 N–H and O–H groups in total. The van der Waals surface area contributed by atoms with Gasteiger partial charge in [0.1, 0.15) is 0 Å². The molecule has 0 amide bonds. The summed E-state index contributed by atoms with van der Waals surface area (Å²) in [6.07, 6.45) is 2.26. The van der Waals surface area contributed by atoms with Crippen molar-refractivity contribution in [1.29, 1.82) is 0 Å². The summed E-state index contributed by atoms with van der Waals surface area (Å²) in [4.78, 5) is 0. The van der Waals surface area contributed by atoms with Gasteiger partial charge in [0.25, 0.3) is 0 Å². The van der Waals surface area contributed by atoms with Gasteiger partial charge in [-0.1, -0.05) is 41.5 Å². The Morgan fingerprint density at radius 1 is 0.812 bits per heavy atom. The number of hydrogen-bond acceptors (Lipinski definition) is 2. The van der Waals surface area contributed by atoms with Gasteiger partial charge in [-0.2, -0.15) is 0 Å². The molecule has 0 aromatic carbocycles. The molecular formula is C14H30O2. The van der Waals surface area contributed by atoms with Crippen LogP contribution in [-0.2, 0) is 9.47 Å². The first-order valence-corrected chi connectivity index (χ1v) is 6.42. The second-order valence-electron chi connectivity index (χ2n) is 6.49. The van der Waals surface area contributed by atoms with Crippen LogP contribution >= 0.6 is 0 Å². The van der Waals surface area contributed by atoms with E-state index in [1.165, 1.54) is 0 Å². The zero-order chi connectivity index (χ0) is 12.7. The van der Waals surface area contributed by atoms with Gasteiger partial charge in [-0.25, -0.2) is 0 Å². The van der Waals surface area contributed by atoms with Gasteiger partial charge in [0.05, 0.1) is 19.8 Å². The zero-order valence-corrected chi connectivity index (χ0v) is 12.1. The Balaban J connectivity index is 3.29. The van der Waals surface area contributed by atoms with Gasteiger partial charge in [0.15, 0.2) is 0 Å². The summed E-state index contributed by atoms with van der Waals surface area (Å²) in [5.41, 5.74) is 0.663. The highest BCUT2D eigenvalue weighted by atomic mass is 16.5. The maximum atomic E-state index is 5.60. The molecule has 0 bridgehead atoms. The Kier molecular flexibility index (Phi) is 7.25. The highest BCUT2D eigenvalue weighted by Gasteiger charge is 2.14. The third-order valence-corrected chi connectivity index (χ3v) is 2.82. The maximum absolute atomic E-state index is 5.60. The van der Waals surface area contributed by atoms with Crippen LogP contribution in [0.2, 0.25) is 0 Å². The molecular weight excluding hydrogens is 200 g/mol.